The third-order valence-corrected chi connectivity index (χ3v) is 3.99. The van der Waals surface area contributed by atoms with Crippen molar-refractivity contribution >= 4 is 0 Å². The van der Waals surface area contributed by atoms with E-state index in [0.29, 0.717) is 0 Å². The maximum atomic E-state index is 6.17. The SMILES string of the molecule is NCCCNCc1ccc(CCCC(N)Cc2cnc[nH]2)cc1. The minimum absolute atomic E-state index is 0.196. The molecule has 5 heteroatoms. The summed E-state index contributed by atoms with van der Waals surface area (Å²) in [6.07, 6.45) is 8.67. The van der Waals surface area contributed by atoms with Crippen molar-refractivity contribution in [2.75, 3.05) is 13.1 Å². The lowest BCUT2D eigenvalue weighted by atomic mass is 10.0. The Hall–Kier alpha value is -1.69. The lowest BCUT2D eigenvalue weighted by molar-refractivity contribution is 0.575. The Morgan fingerprint density at radius 3 is 2.61 bits per heavy atom. The molecule has 0 fully saturated rings. The van der Waals surface area contributed by atoms with Crippen molar-refractivity contribution in [2.45, 2.75) is 44.7 Å². The van der Waals surface area contributed by atoms with Crippen LogP contribution in [0.3, 0.4) is 0 Å². The highest BCUT2D eigenvalue weighted by molar-refractivity contribution is 5.22. The number of hydrogen-bond donors (Lipinski definition) is 4. The minimum atomic E-state index is 0.196. The number of nitrogens with one attached hydrogen (secondary N) is 2. The largest absolute Gasteiger partial charge is 0.348 e. The Morgan fingerprint density at radius 1 is 1.13 bits per heavy atom. The summed E-state index contributed by atoms with van der Waals surface area (Å²) >= 11 is 0. The monoisotopic (exact) mass is 315 g/mol. The molecule has 1 aromatic heterocycles. The Kier molecular flexibility index (Phi) is 7.80. The first-order chi connectivity index (χ1) is 11.3. The van der Waals surface area contributed by atoms with Gasteiger partial charge in [0.25, 0.3) is 0 Å². The third-order valence-electron chi connectivity index (χ3n) is 3.99. The van der Waals surface area contributed by atoms with Gasteiger partial charge in [0.1, 0.15) is 0 Å². The molecule has 6 N–H and O–H groups in total. The van der Waals surface area contributed by atoms with E-state index in [2.05, 4.69) is 39.6 Å². The Morgan fingerprint density at radius 2 is 1.91 bits per heavy atom. The summed E-state index contributed by atoms with van der Waals surface area (Å²) in [5.74, 6) is 0. The first-order valence-electron chi connectivity index (χ1n) is 8.49. The Bertz CT molecular complexity index is 521. The fraction of sp³-hybridized carbons (Fsp3) is 0.500. The number of nitrogens with two attached hydrogens (primary N) is 2. The van der Waals surface area contributed by atoms with E-state index in [-0.39, 0.29) is 6.04 Å². The zero-order valence-electron chi connectivity index (χ0n) is 13.8. The summed E-state index contributed by atoms with van der Waals surface area (Å²) in [5.41, 5.74) is 15.5. The summed E-state index contributed by atoms with van der Waals surface area (Å²) in [6.45, 7) is 2.64. The normalized spacial score (nSPS) is 12.4. The lowest BCUT2D eigenvalue weighted by Crippen LogP contribution is -2.23. The number of benzene rings is 1. The van der Waals surface area contributed by atoms with Crippen LogP contribution in [-0.4, -0.2) is 29.1 Å². The fourth-order valence-corrected chi connectivity index (χ4v) is 2.63. The van der Waals surface area contributed by atoms with Gasteiger partial charge in [-0.1, -0.05) is 24.3 Å². The third kappa shape index (κ3) is 6.95. The fourth-order valence-electron chi connectivity index (χ4n) is 2.63. The van der Waals surface area contributed by atoms with E-state index >= 15 is 0 Å². The second kappa shape index (κ2) is 10.2. The van der Waals surface area contributed by atoms with Crippen molar-refractivity contribution in [1.82, 2.24) is 15.3 Å². The van der Waals surface area contributed by atoms with Gasteiger partial charge in [-0.15, -0.1) is 0 Å². The van der Waals surface area contributed by atoms with E-state index in [1.807, 2.05) is 6.20 Å². The first kappa shape index (κ1) is 17.7. The average Bonchev–Trinajstić information content (AvgIpc) is 3.06. The number of imidazole rings is 1. The molecule has 0 saturated heterocycles. The molecule has 0 aliphatic carbocycles. The van der Waals surface area contributed by atoms with E-state index in [1.165, 1.54) is 11.1 Å². The van der Waals surface area contributed by atoms with Crippen LogP contribution in [0.5, 0.6) is 0 Å². The van der Waals surface area contributed by atoms with Crippen LogP contribution in [0.2, 0.25) is 0 Å². The molecule has 2 aromatic rings. The Labute approximate surface area is 138 Å². The molecule has 23 heavy (non-hydrogen) atoms. The van der Waals surface area contributed by atoms with Crippen molar-refractivity contribution in [3.63, 3.8) is 0 Å². The van der Waals surface area contributed by atoms with Crippen LogP contribution >= 0.6 is 0 Å². The van der Waals surface area contributed by atoms with Crippen LogP contribution in [0.25, 0.3) is 0 Å². The predicted octanol–water partition coefficient (Wildman–Crippen LogP) is 1.74. The maximum absolute atomic E-state index is 6.17. The van der Waals surface area contributed by atoms with Gasteiger partial charge in [0.15, 0.2) is 0 Å². The van der Waals surface area contributed by atoms with Gasteiger partial charge in [-0.05, 0) is 49.9 Å². The molecule has 2 rings (SSSR count). The number of aryl methyl sites for hydroxylation is 1. The lowest BCUT2D eigenvalue weighted by Gasteiger charge is -2.10. The molecule has 0 aliphatic rings. The summed E-state index contributed by atoms with van der Waals surface area (Å²) in [7, 11) is 0. The van der Waals surface area contributed by atoms with Crippen molar-refractivity contribution in [2.24, 2.45) is 11.5 Å². The summed E-state index contributed by atoms with van der Waals surface area (Å²) in [4.78, 5) is 7.12. The van der Waals surface area contributed by atoms with Crippen LogP contribution in [0.4, 0.5) is 0 Å². The number of rotatable bonds is 11. The molecular weight excluding hydrogens is 286 g/mol. The van der Waals surface area contributed by atoms with E-state index in [9.17, 15) is 0 Å². The molecule has 0 amide bonds. The van der Waals surface area contributed by atoms with Crippen LogP contribution in [0.15, 0.2) is 36.8 Å². The summed E-state index contributed by atoms with van der Waals surface area (Å²) in [5, 5.41) is 3.40. The molecule has 0 radical (unpaired) electrons. The van der Waals surface area contributed by atoms with Gasteiger partial charge < -0.3 is 21.8 Å². The molecule has 0 bridgehead atoms. The highest BCUT2D eigenvalue weighted by Crippen LogP contribution is 2.10. The molecule has 5 nitrogen and oxygen atoms in total. The number of H-pyrrole nitrogens is 1. The van der Waals surface area contributed by atoms with Crippen molar-refractivity contribution in [3.8, 4) is 0 Å². The molecule has 126 valence electrons. The van der Waals surface area contributed by atoms with E-state index in [4.69, 9.17) is 11.5 Å². The average molecular weight is 315 g/mol. The van der Waals surface area contributed by atoms with Crippen LogP contribution in [0, 0.1) is 0 Å². The zero-order valence-corrected chi connectivity index (χ0v) is 13.8. The topological polar surface area (TPSA) is 92.8 Å². The number of aromatic nitrogens is 2. The molecule has 0 saturated carbocycles. The van der Waals surface area contributed by atoms with Crippen molar-refractivity contribution in [3.05, 3.63) is 53.6 Å². The Balaban J connectivity index is 1.63. The van der Waals surface area contributed by atoms with Gasteiger partial charge >= 0.3 is 0 Å². The minimum Gasteiger partial charge on any atom is -0.348 e. The van der Waals surface area contributed by atoms with Crippen molar-refractivity contribution < 1.29 is 0 Å². The van der Waals surface area contributed by atoms with E-state index in [1.54, 1.807) is 6.33 Å². The molecule has 0 spiro atoms. The molecule has 0 aliphatic heterocycles. The smallest absolute Gasteiger partial charge is 0.0921 e. The second-order valence-corrected chi connectivity index (χ2v) is 6.07. The number of nitrogens with zero attached hydrogens (tertiary/aromatic N) is 1. The highest BCUT2D eigenvalue weighted by Gasteiger charge is 2.05. The number of hydrogen-bond acceptors (Lipinski definition) is 4. The molecule has 1 aromatic carbocycles. The van der Waals surface area contributed by atoms with Gasteiger partial charge in [-0.25, -0.2) is 4.98 Å². The van der Waals surface area contributed by atoms with Gasteiger partial charge in [0.2, 0.25) is 0 Å². The highest BCUT2D eigenvalue weighted by atomic mass is 14.9. The van der Waals surface area contributed by atoms with E-state index in [0.717, 1.165) is 57.4 Å². The van der Waals surface area contributed by atoms with Crippen LogP contribution in [-0.2, 0) is 19.4 Å². The maximum Gasteiger partial charge on any atom is 0.0921 e. The molecule has 1 unspecified atom stereocenters. The summed E-state index contributed by atoms with van der Waals surface area (Å²) < 4.78 is 0. The summed E-state index contributed by atoms with van der Waals surface area (Å²) in [6, 6.07) is 9.05. The van der Waals surface area contributed by atoms with E-state index < -0.39 is 0 Å². The standard InChI is InChI=1S/C18H29N5/c19-9-2-10-21-12-16-7-5-15(6-8-16)3-1-4-17(20)11-18-13-22-14-23-18/h5-8,13-14,17,21H,1-4,9-12,19-20H2,(H,22,23). The van der Waals surface area contributed by atoms with Crippen molar-refractivity contribution in [1.29, 1.82) is 0 Å². The van der Waals surface area contributed by atoms with Gasteiger partial charge in [0.05, 0.1) is 6.33 Å². The molecule has 1 heterocycles. The quantitative estimate of drug-likeness (QED) is 0.475. The van der Waals surface area contributed by atoms with Gasteiger partial charge in [-0.3, -0.25) is 0 Å². The van der Waals surface area contributed by atoms with Crippen LogP contribution in [0.1, 0.15) is 36.1 Å². The van der Waals surface area contributed by atoms with Gasteiger partial charge in [0, 0.05) is 30.9 Å². The molecule has 1 atom stereocenters. The first-order valence-corrected chi connectivity index (χ1v) is 8.49. The molecular formula is C18H29N5. The zero-order chi connectivity index (χ0) is 16.3. The predicted molar refractivity (Wildman–Crippen MR) is 95.0 cm³/mol. The van der Waals surface area contributed by atoms with Crippen LogP contribution < -0.4 is 16.8 Å². The number of aromatic amines is 1. The van der Waals surface area contributed by atoms with Gasteiger partial charge in [-0.2, -0.15) is 0 Å². The second-order valence-electron chi connectivity index (χ2n) is 6.07.